The molecule has 2 aliphatic heterocycles. The number of amides is 1. The van der Waals surface area contributed by atoms with Crippen LogP contribution < -0.4 is 0 Å². The van der Waals surface area contributed by atoms with E-state index >= 15 is 0 Å². The second kappa shape index (κ2) is 2.81. The number of aliphatic hydroxyl groups excluding tert-OH is 1. The van der Waals surface area contributed by atoms with Gasteiger partial charge >= 0.3 is 5.97 Å². The number of aliphatic carboxylic acids is 1. The van der Waals surface area contributed by atoms with Crippen molar-refractivity contribution < 1.29 is 19.8 Å². The van der Waals surface area contributed by atoms with Crippen molar-refractivity contribution in [3.05, 3.63) is 11.8 Å². The Labute approximate surface area is 80.6 Å². The molecule has 0 aromatic carbocycles. The fourth-order valence-corrected chi connectivity index (χ4v) is 2.17. The van der Waals surface area contributed by atoms with Gasteiger partial charge in [0.05, 0.1) is 18.1 Å². The summed E-state index contributed by atoms with van der Waals surface area (Å²) in [7, 11) is 0. The van der Waals surface area contributed by atoms with Crippen LogP contribution in [-0.4, -0.2) is 39.1 Å². The van der Waals surface area contributed by atoms with Gasteiger partial charge in [-0.3, -0.25) is 4.79 Å². The summed E-state index contributed by atoms with van der Waals surface area (Å²) in [5.74, 6) is -1.79. The molecule has 2 N–H and O–H groups in total. The van der Waals surface area contributed by atoms with Crippen LogP contribution in [0.3, 0.4) is 0 Å². The molecule has 0 radical (unpaired) electrons. The Morgan fingerprint density at radius 2 is 2.36 bits per heavy atom. The first-order valence-electron chi connectivity index (χ1n) is 4.48. The molecule has 2 rings (SSSR count). The maximum Gasteiger partial charge on any atom is 0.352 e. The van der Waals surface area contributed by atoms with Crippen LogP contribution in [0.1, 0.15) is 13.3 Å². The number of carboxylic acid groups (broad SMARTS) is 1. The fourth-order valence-electron chi connectivity index (χ4n) is 2.17. The van der Waals surface area contributed by atoms with Gasteiger partial charge in [-0.05, 0) is 13.3 Å². The van der Waals surface area contributed by atoms with E-state index in [1.807, 2.05) is 0 Å². The highest BCUT2D eigenvalue weighted by Crippen LogP contribution is 2.39. The van der Waals surface area contributed by atoms with Crippen LogP contribution in [-0.2, 0) is 9.59 Å². The minimum Gasteiger partial charge on any atom is -0.477 e. The first-order valence-corrected chi connectivity index (χ1v) is 4.48. The highest BCUT2D eigenvalue weighted by Gasteiger charge is 2.54. The number of rotatable bonds is 2. The third-order valence-electron chi connectivity index (χ3n) is 2.82. The summed E-state index contributed by atoms with van der Waals surface area (Å²) in [6.07, 6.45) is 1.36. The van der Waals surface area contributed by atoms with E-state index in [9.17, 15) is 14.7 Å². The average Bonchev–Trinajstić information content (AvgIpc) is 2.42. The van der Waals surface area contributed by atoms with Crippen LogP contribution in [0.2, 0.25) is 0 Å². The Balaban J connectivity index is 2.17. The number of carbonyl (C=O) groups is 2. The van der Waals surface area contributed by atoms with Gasteiger partial charge in [-0.25, -0.2) is 4.79 Å². The number of nitrogens with zero attached hydrogens (tertiary/aromatic N) is 1. The molecule has 1 fully saturated rings. The van der Waals surface area contributed by atoms with Crippen molar-refractivity contribution in [2.75, 3.05) is 0 Å². The quantitative estimate of drug-likeness (QED) is 0.588. The van der Waals surface area contributed by atoms with Crippen molar-refractivity contribution in [3.8, 4) is 0 Å². The standard InChI is InChI=1S/C9H11NO4/c1-4(11)7-5-2-3-6(9(13)14)10(5)8(7)12/h3-5,7,11H,2H2,1H3,(H,13,14)/t4-,5-,7-/m1/s1. The Morgan fingerprint density at radius 3 is 2.86 bits per heavy atom. The van der Waals surface area contributed by atoms with Gasteiger partial charge < -0.3 is 15.1 Å². The smallest absolute Gasteiger partial charge is 0.352 e. The molecule has 0 unspecified atom stereocenters. The molecule has 0 aliphatic carbocycles. The molecule has 5 heteroatoms. The molecule has 2 aliphatic rings. The molecule has 1 amide bonds. The van der Waals surface area contributed by atoms with Gasteiger partial charge in [0.25, 0.3) is 0 Å². The number of fused-ring (bicyclic) bond motifs is 1. The first kappa shape index (κ1) is 9.21. The molecule has 2 heterocycles. The molecule has 0 saturated carbocycles. The fraction of sp³-hybridized carbons (Fsp3) is 0.556. The molecule has 0 bridgehead atoms. The molecular weight excluding hydrogens is 186 g/mol. The lowest BCUT2D eigenvalue weighted by Gasteiger charge is -2.44. The zero-order valence-electron chi connectivity index (χ0n) is 7.67. The van der Waals surface area contributed by atoms with Gasteiger partial charge in [-0.1, -0.05) is 6.08 Å². The summed E-state index contributed by atoms with van der Waals surface area (Å²) >= 11 is 0. The van der Waals surface area contributed by atoms with E-state index in [4.69, 9.17) is 5.11 Å². The third kappa shape index (κ3) is 0.988. The lowest BCUT2D eigenvalue weighted by atomic mass is 9.83. The number of β-lactam (4-membered cyclic amide) rings is 1. The number of aliphatic hydroxyl groups is 1. The van der Waals surface area contributed by atoms with Crippen molar-refractivity contribution in [1.82, 2.24) is 4.90 Å². The van der Waals surface area contributed by atoms with E-state index in [-0.39, 0.29) is 17.6 Å². The third-order valence-corrected chi connectivity index (χ3v) is 2.82. The molecule has 3 atom stereocenters. The molecule has 0 spiro atoms. The van der Waals surface area contributed by atoms with Crippen molar-refractivity contribution in [2.45, 2.75) is 25.5 Å². The Morgan fingerprint density at radius 1 is 1.71 bits per heavy atom. The van der Waals surface area contributed by atoms with Crippen LogP contribution in [0.25, 0.3) is 0 Å². The van der Waals surface area contributed by atoms with Crippen molar-refractivity contribution >= 4 is 11.9 Å². The predicted molar refractivity (Wildman–Crippen MR) is 46.1 cm³/mol. The molecular formula is C9H11NO4. The summed E-state index contributed by atoms with van der Waals surface area (Å²) in [6.45, 7) is 1.55. The lowest BCUT2D eigenvalue weighted by molar-refractivity contribution is -0.161. The molecule has 76 valence electrons. The Bertz CT molecular complexity index is 334. The second-order valence-electron chi connectivity index (χ2n) is 3.67. The van der Waals surface area contributed by atoms with E-state index in [2.05, 4.69) is 0 Å². The van der Waals surface area contributed by atoms with E-state index in [1.54, 1.807) is 6.92 Å². The average molecular weight is 197 g/mol. The highest BCUT2D eigenvalue weighted by molar-refractivity contribution is 5.98. The van der Waals surface area contributed by atoms with Crippen molar-refractivity contribution in [1.29, 1.82) is 0 Å². The van der Waals surface area contributed by atoms with Crippen molar-refractivity contribution in [2.24, 2.45) is 5.92 Å². The molecule has 14 heavy (non-hydrogen) atoms. The highest BCUT2D eigenvalue weighted by atomic mass is 16.4. The summed E-state index contributed by atoms with van der Waals surface area (Å²) < 4.78 is 0. The summed E-state index contributed by atoms with van der Waals surface area (Å²) in [5, 5.41) is 18.0. The Hall–Kier alpha value is -1.36. The van der Waals surface area contributed by atoms with E-state index in [1.165, 1.54) is 11.0 Å². The van der Waals surface area contributed by atoms with E-state index in [0.29, 0.717) is 6.42 Å². The van der Waals surface area contributed by atoms with Crippen LogP contribution in [0.15, 0.2) is 11.8 Å². The van der Waals surface area contributed by atoms with Gasteiger partial charge in [-0.15, -0.1) is 0 Å². The zero-order chi connectivity index (χ0) is 10.5. The monoisotopic (exact) mass is 197 g/mol. The van der Waals surface area contributed by atoms with Crippen LogP contribution in [0.5, 0.6) is 0 Å². The predicted octanol–water partition coefficient (Wildman–Crippen LogP) is -0.434. The number of hydrogen-bond acceptors (Lipinski definition) is 3. The second-order valence-corrected chi connectivity index (χ2v) is 3.67. The number of carbonyl (C=O) groups excluding carboxylic acids is 1. The molecule has 1 saturated heterocycles. The molecule has 5 nitrogen and oxygen atoms in total. The number of hydrogen-bond donors (Lipinski definition) is 2. The van der Waals surface area contributed by atoms with E-state index in [0.717, 1.165) is 0 Å². The summed E-state index contributed by atoms with van der Waals surface area (Å²) in [6, 6.07) is -0.145. The first-order chi connectivity index (χ1) is 6.54. The van der Waals surface area contributed by atoms with Crippen molar-refractivity contribution in [3.63, 3.8) is 0 Å². The lowest BCUT2D eigenvalue weighted by Crippen LogP contribution is -2.61. The Kier molecular flexibility index (Phi) is 1.85. The molecule has 0 aromatic rings. The molecule has 0 aromatic heterocycles. The largest absolute Gasteiger partial charge is 0.477 e. The maximum atomic E-state index is 11.5. The van der Waals surface area contributed by atoms with Gasteiger partial charge in [0.15, 0.2) is 0 Å². The minimum absolute atomic E-state index is 0.0527. The zero-order valence-corrected chi connectivity index (χ0v) is 7.67. The summed E-state index contributed by atoms with van der Waals surface area (Å²) in [4.78, 5) is 23.4. The minimum atomic E-state index is -1.08. The van der Waals surface area contributed by atoms with Crippen LogP contribution in [0.4, 0.5) is 0 Å². The van der Waals surface area contributed by atoms with E-state index < -0.39 is 18.0 Å². The maximum absolute atomic E-state index is 11.5. The van der Waals surface area contributed by atoms with Crippen LogP contribution in [0, 0.1) is 5.92 Å². The van der Waals surface area contributed by atoms with Gasteiger partial charge in [0.2, 0.25) is 5.91 Å². The van der Waals surface area contributed by atoms with Gasteiger partial charge in [0, 0.05) is 0 Å². The van der Waals surface area contributed by atoms with Crippen LogP contribution >= 0.6 is 0 Å². The topological polar surface area (TPSA) is 77.8 Å². The SMILES string of the molecule is C[C@@H](O)[C@H]1C(=O)N2C(C(=O)O)=CC[C@H]12. The van der Waals surface area contributed by atoms with Gasteiger partial charge in [0.1, 0.15) is 5.70 Å². The van der Waals surface area contributed by atoms with Gasteiger partial charge in [-0.2, -0.15) is 0 Å². The number of carboxylic acids is 1. The normalized spacial score (nSPS) is 32.0. The summed E-state index contributed by atoms with van der Waals surface area (Å²) in [5.41, 5.74) is 0.0527.